The van der Waals surface area contributed by atoms with Gasteiger partial charge in [0.25, 0.3) is 0 Å². The van der Waals surface area contributed by atoms with E-state index >= 15 is 0 Å². The van der Waals surface area contributed by atoms with E-state index in [1.165, 1.54) is 6.20 Å². The van der Waals surface area contributed by atoms with E-state index in [1.807, 2.05) is 0 Å². The minimum Gasteiger partial charge on any atom is -0.462 e. The molecule has 2 N–H and O–H groups in total. The van der Waals surface area contributed by atoms with E-state index in [4.69, 9.17) is 4.74 Å². The lowest BCUT2D eigenvalue weighted by Gasteiger charge is -2.08. The van der Waals surface area contributed by atoms with Crippen LogP contribution in [0.3, 0.4) is 0 Å². The van der Waals surface area contributed by atoms with Crippen LogP contribution in [0.1, 0.15) is 17.3 Å². The Balaban J connectivity index is 1.50. The molecule has 0 saturated carbocycles. The Morgan fingerprint density at radius 1 is 1.25 bits per heavy atom. The second kappa shape index (κ2) is 7.36. The number of hydrogen-bond donors (Lipinski definition) is 2. The number of anilines is 2. The van der Waals surface area contributed by atoms with Crippen LogP contribution in [0.2, 0.25) is 0 Å². The van der Waals surface area contributed by atoms with Crippen molar-refractivity contribution in [2.24, 2.45) is 0 Å². The van der Waals surface area contributed by atoms with Crippen molar-refractivity contribution < 1.29 is 9.53 Å². The van der Waals surface area contributed by atoms with Gasteiger partial charge in [0.15, 0.2) is 5.82 Å². The lowest BCUT2D eigenvalue weighted by atomic mass is 10.3. The molecule has 0 spiro atoms. The lowest BCUT2D eigenvalue weighted by molar-refractivity contribution is 0.0526. The number of pyridine rings is 1. The van der Waals surface area contributed by atoms with Crippen LogP contribution in [0, 0.1) is 0 Å². The Bertz CT molecular complexity index is 816. The highest BCUT2D eigenvalue weighted by Crippen LogP contribution is 2.09. The maximum Gasteiger partial charge on any atom is 0.339 e. The second-order valence-corrected chi connectivity index (χ2v) is 4.84. The zero-order chi connectivity index (χ0) is 16.8. The fraction of sp³-hybridized carbons (Fsp3) is 0.267. The van der Waals surface area contributed by atoms with Crippen LogP contribution in [0.25, 0.3) is 5.65 Å². The van der Waals surface area contributed by atoms with Crippen LogP contribution >= 0.6 is 0 Å². The van der Waals surface area contributed by atoms with Gasteiger partial charge in [-0.15, -0.1) is 10.2 Å². The molecule has 0 fully saturated rings. The molecule has 0 bridgehead atoms. The Labute approximate surface area is 138 Å². The predicted octanol–water partition coefficient (Wildman–Crippen LogP) is 1.22. The molecule has 3 rings (SSSR count). The SMILES string of the molecule is CCOC(=O)c1ccc(NCCNc2nccn3cnnc23)nc1. The normalized spacial score (nSPS) is 10.5. The summed E-state index contributed by atoms with van der Waals surface area (Å²) in [5.41, 5.74) is 1.11. The molecule has 9 nitrogen and oxygen atoms in total. The van der Waals surface area contributed by atoms with Crippen molar-refractivity contribution in [1.82, 2.24) is 24.6 Å². The van der Waals surface area contributed by atoms with Crippen LogP contribution in [0.4, 0.5) is 11.6 Å². The molecule has 0 unspecified atom stereocenters. The Morgan fingerprint density at radius 3 is 2.92 bits per heavy atom. The summed E-state index contributed by atoms with van der Waals surface area (Å²) < 4.78 is 6.70. The van der Waals surface area contributed by atoms with Gasteiger partial charge in [-0.25, -0.2) is 14.8 Å². The van der Waals surface area contributed by atoms with E-state index in [0.717, 1.165) is 0 Å². The molecular weight excluding hydrogens is 310 g/mol. The van der Waals surface area contributed by atoms with Crippen molar-refractivity contribution in [3.63, 3.8) is 0 Å². The Kier molecular flexibility index (Phi) is 4.80. The smallest absolute Gasteiger partial charge is 0.339 e. The van der Waals surface area contributed by atoms with E-state index in [2.05, 4.69) is 30.8 Å². The van der Waals surface area contributed by atoms with E-state index in [-0.39, 0.29) is 5.97 Å². The van der Waals surface area contributed by atoms with Crippen molar-refractivity contribution in [2.75, 3.05) is 30.3 Å². The lowest BCUT2D eigenvalue weighted by Crippen LogP contribution is -2.15. The zero-order valence-corrected chi connectivity index (χ0v) is 13.1. The third kappa shape index (κ3) is 3.57. The fourth-order valence-electron chi connectivity index (χ4n) is 2.09. The molecule has 0 radical (unpaired) electrons. The van der Waals surface area contributed by atoms with E-state index < -0.39 is 0 Å². The van der Waals surface area contributed by atoms with Gasteiger partial charge in [0.05, 0.1) is 12.2 Å². The van der Waals surface area contributed by atoms with Gasteiger partial charge in [-0.05, 0) is 19.1 Å². The first kappa shape index (κ1) is 15.7. The minimum atomic E-state index is -0.370. The summed E-state index contributed by atoms with van der Waals surface area (Å²) in [4.78, 5) is 20.0. The topological polar surface area (TPSA) is 106 Å². The average molecular weight is 327 g/mol. The molecule has 0 amide bonds. The monoisotopic (exact) mass is 327 g/mol. The van der Waals surface area contributed by atoms with Crippen LogP contribution in [0.5, 0.6) is 0 Å². The van der Waals surface area contributed by atoms with Crippen molar-refractivity contribution in [2.45, 2.75) is 6.92 Å². The van der Waals surface area contributed by atoms with Gasteiger partial charge in [-0.1, -0.05) is 0 Å². The quantitative estimate of drug-likeness (QED) is 0.493. The highest BCUT2D eigenvalue weighted by molar-refractivity contribution is 5.89. The third-order valence-electron chi connectivity index (χ3n) is 3.21. The van der Waals surface area contributed by atoms with Crippen LogP contribution in [0.15, 0.2) is 37.1 Å². The summed E-state index contributed by atoms with van der Waals surface area (Å²) in [6.07, 6.45) is 6.58. The van der Waals surface area contributed by atoms with Crippen LogP contribution < -0.4 is 10.6 Å². The summed E-state index contributed by atoms with van der Waals surface area (Å²) in [7, 11) is 0. The van der Waals surface area contributed by atoms with Crippen LogP contribution in [-0.2, 0) is 4.74 Å². The average Bonchev–Trinajstić information content (AvgIpc) is 3.09. The summed E-state index contributed by atoms with van der Waals surface area (Å²) in [6, 6.07) is 3.42. The Hall–Kier alpha value is -3.23. The Morgan fingerprint density at radius 2 is 2.12 bits per heavy atom. The molecule has 0 saturated heterocycles. The number of hydrogen-bond acceptors (Lipinski definition) is 8. The summed E-state index contributed by atoms with van der Waals surface area (Å²) >= 11 is 0. The van der Waals surface area contributed by atoms with Crippen molar-refractivity contribution >= 4 is 23.3 Å². The number of carbonyl (C=O) groups is 1. The fourth-order valence-corrected chi connectivity index (χ4v) is 2.09. The van der Waals surface area contributed by atoms with Gasteiger partial charge in [-0.3, -0.25) is 4.40 Å². The first-order valence-corrected chi connectivity index (χ1v) is 7.53. The molecule has 124 valence electrons. The van der Waals surface area contributed by atoms with Gasteiger partial charge >= 0.3 is 5.97 Å². The standard InChI is InChI=1S/C15H17N7O2/c1-2-24-15(23)11-3-4-12(19-9-11)16-5-6-17-13-14-21-20-10-22(14)8-7-18-13/h3-4,7-10H,2,5-6H2,1H3,(H,16,19)(H,17,18). The van der Waals surface area contributed by atoms with Gasteiger partial charge in [0.1, 0.15) is 12.1 Å². The number of esters is 1. The van der Waals surface area contributed by atoms with Crippen molar-refractivity contribution in [1.29, 1.82) is 0 Å². The number of ether oxygens (including phenoxy) is 1. The first-order chi connectivity index (χ1) is 11.8. The summed E-state index contributed by atoms with van der Waals surface area (Å²) in [5.74, 6) is 0.978. The molecule has 0 aromatic carbocycles. The number of nitrogens with zero attached hydrogens (tertiary/aromatic N) is 5. The zero-order valence-electron chi connectivity index (χ0n) is 13.1. The summed E-state index contributed by atoms with van der Waals surface area (Å²) in [5, 5.41) is 14.2. The number of aromatic nitrogens is 5. The molecule has 0 aliphatic heterocycles. The van der Waals surface area contributed by atoms with Gasteiger partial charge < -0.3 is 15.4 Å². The molecular formula is C15H17N7O2. The second-order valence-electron chi connectivity index (χ2n) is 4.84. The minimum absolute atomic E-state index is 0.345. The largest absolute Gasteiger partial charge is 0.462 e. The molecule has 0 atom stereocenters. The van der Waals surface area contributed by atoms with E-state index in [0.29, 0.717) is 42.5 Å². The number of nitrogens with one attached hydrogen (secondary N) is 2. The molecule has 3 aromatic rings. The maximum atomic E-state index is 11.5. The summed E-state index contributed by atoms with van der Waals surface area (Å²) in [6.45, 7) is 3.37. The first-order valence-electron chi connectivity index (χ1n) is 7.53. The number of carbonyl (C=O) groups excluding carboxylic acids is 1. The molecule has 3 aromatic heterocycles. The molecule has 0 aliphatic carbocycles. The van der Waals surface area contributed by atoms with Gasteiger partial charge in [0, 0.05) is 31.7 Å². The highest BCUT2D eigenvalue weighted by atomic mass is 16.5. The van der Waals surface area contributed by atoms with E-state index in [9.17, 15) is 4.79 Å². The molecule has 24 heavy (non-hydrogen) atoms. The van der Waals surface area contributed by atoms with Crippen LogP contribution in [-0.4, -0.2) is 50.2 Å². The molecule has 3 heterocycles. The molecule has 9 heteroatoms. The highest BCUT2D eigenvalue weighted by Gasteiger charge is 2.06. The number of rotatable bonds is 7. The molecule has 0 aliphatic rings. The predicted molar refractivity (Wildman–Crippen MR) is 88.0 cm³/mol. The van der Waals surface area contributed by atoms with Gasteiger partial charge in [0.2, 0.25) is 5.65 Å². The van der Waals surface area contributed by atoms with Gasteiger partial charge in [-0.2, -0.15) is 0 Å². The van der Waals surface area contributed by atoms with Crippen molar-refractivity contribution in [3.8, 4) is 0 Å². The maximum absolute atomic E-state index is 11.5. The number of fused-ring (bicyclic) bond motifs is 1. The van der Waals surface area contributed by atoms with E-state index in [1.54, 1.807) is 42.2 Å². The van der Waals surface area contributed by atoms with Crippen molar-refractivity contribution in [3.05, 3.63) is 42.6 Å². The third-order valence-corrected chi connectivity index (χ3v) is 3.21.